The summed E-state index contributed by atoms with van der Waals surface area (Å²) in [4.78, 5) is 0. The lowest BCUT2D eigenvalue weighted by Crippen LogP contribution is -2.33. The molecule has 1 saturated carbocycles. The smallest absolute Gasteiger partial charge is 0.267 e. The minimum Gasteiger partial charge on any atom is -0.507 e. The van der Waals surface area contributed by atoms with Crippen molar-refractivity contribution in [1.82, 2.24) is 0 Å². The number of alkyl halides is 2. The van der Waals surface area contributed by atoms with Gasteiger partial charge in [0.25, 0.3) is 6.43 Å². The third-order valence-corrected chi connectivity index (χ3v) is 3.64. The van der Waals surface area contributed by atoms with E-state index >= 15 is 0 Å². The third kappa shape index (κ3) is 2.14. The molecule has 17 heavy (non-hydrogen) atoms. The van der Waals surface area contributed by atoms with Crippen LogP contribution in [0, 0.1) is 6.92 Å². The summed E-state index contributed by atoms with van der Waals surface area (Å²) in [7, 11) is 0. The predicted molar refractivity (Wildman–Crippen MR) is 62.1 cm³/mol. The van der Waals surface area contributed by atoms with Crippen LogP contribution in [-0.4, -0.2) is 5.11 Å². The average Bonchev–Trinajstić information content (AvgIpc) is 2.69. The molecule has 1 aromatic carbocycles. The van der Waals surface area contributed by atoms with Crippen molar-refractivity contribution in [2.24, 2.45) is 5.73 Å². The Morgan fingerprint density at radius 3 is 2.41 bits per heavy atom. The Morgan fingerprint density at radius 2 is 1.88 bits per heavy atom. The Balaban J connectivity index is 2.49. The minimum atomic E-state index is -2.67. The van der Waals surface area contributed by atoms with E-state index in [1.54, 1.807) is 13.0 Å². The quantitative estimate of drug-likeness (QED) is 0.833. The van der Waals surface area contributed by atoms with Crippen molar-refractivity contribution < 1.29 is 13.9 Å². The van der Waals surface area contributed by atoms with E-state index in [4.69, 9.17) is 5.73 Å². The first-order valence-electron chi connectivity index (χ1n) is 5.85. The fourth-order valence-corrected chi connectivity index (χ4v) is 2.56. The topological polar surface area (TPSA) is 46.2 Å². The van der Waals surface area contributed by atoms with Gasteiger partial charge in [-0.05, 0) is 37.0 Å². The van der Waals surface area contributed by atoms with Crippen molar-refractivity contribution >= 4 is 0 Å². The molecular formula is C13H17F2NO. The third-order valence-electron chi connectivity index (χ3n) is 3.64. The Hall–Kier alpha value is -1.16. The molecule has 0 spiro atoms. The molecular weight excluding hydrogens is 224 g/mol. The van der Waals surface area contributed by atoms with Gasteiger partial charge in [0.1, 0.15) is 5.75 Å². The van der Waals surface area contributed by atoms with Crippen LogP contribution in [0.25, 0.3) is 0 Å². The second-order valence-corrected chi connectivity index (χ2v) is 4.89. The van der Waals surface area contributed by atoms with Crippen LogP contribution >= 0.6 is 0 Å². The van der Waals surface area contributed by atoms with Crippen molar-refractivity contribution in [3.63, 3.8) is 0 Å². The molecule has 4 heteroatoms. The highest BCUT2D eigenvalue weighted by molar-refractivity contribution is 5.46. The number of hydrogen-bond acceptors (Lipinski definition) is 2. The molecule has 0 saturated heterocycles. The number of hydrogen-bond donors (Lipinski definition) is 2. The molecule has 2 nitrogen and oxygen atoms in total. The summed E-state index contributed by atoms with van der Waals surface area (Å²) in [5.74, 6) is -0.314. The molecule has 0 atom stereocenters. The van der Waals surface area contributed by atoms with E-state index in [9.17, 15) is 13.9 Å². The lowest BCUT2D eigenvalue weighted by Gasteiger charge is -2.25. The van der Waals surface area contributed by atoms with Gasteiger partial charge in [0.2, 0.25) is 0 Å². The van der Waals surface area contributed by atoms with Gasteiger partial charge in [-0.3, -0.25) is 0 Å². The molecule has 0 aromatic heterocycles. The van der Waals surface area contributed by atoms with E-state index in [0.29, 0.717) is 5.56 Å². The SMILES string of the molecule is Cc1cc(C2(N)CCCC2)cc(C(F)F)c1O. The first-order chi connectivity index (χ1) is 7.94. The van der Waals surface area contributed by atoms with Crippen molar-refractivity contribution in [3.8, 4) is 5.75 Å². The van der Waals surface area contributed by atoms with Crippen LogP contribution in [0.2, 0.25) is 0 Å². The summed E-state index contributed by atoms with van der Waals surface area (Å²) in [6.07, 6.45) is 1.03. The number of nitrogens with two attached hydrogens (primary N) is 1. The zero-order chi connectivity index (χ0) is 12.6. The van der Waals surface area contributed by atoms with Gasteiger partial charge in [-0.1, -0.05) is 18.9 Å². The Morgan fingerprint density at radius 1 is 1.29 bits per heavy atom. The van der Waals surface area contributed by atoms with Gasteiger partial charge >= 0.3 is 0 Å². The summed E-state index contributed by atoms with van der Waals surface area (Å²) in [6.45, 7) is 1.63. The van der Waals surface area contributed by atoms with E-state index in [2.05, 4.69) is 0 Å². The average molecular weight is 241 g/mol. The maximum atomic E-state index is 12.8. The molecule has 3 N–H and O–H groups in total. The van der Waals surface area contributed by atoms with Crippen molar-refractivity contribution in [2.45, 2.75) is 44.6 Å². The van der Waals surface area contributed by atoms with Gasteiger partial charge in [-0.2, -0.15) is 0 Å². The lowest BCUT2D eigenvalue weighted by molar-refractivity contribution is 0.147. The Labute approximate surface area is 99.4 Å². The summed E-state index contributed by atoms with van der Waals surface area (Å²) in [5, 5.41) is 9.60. The maximum absolute atomic E-state index is 12.8. The van der Waals surface area contributed by atoms with Crippen LogP contribution in [0.4, 0.5) is 8.78 Å². The van der Waals surface area contributed by atoms with Gasteiger partial charge in [0, 0.05) is 5.54 Å². The number of aromatic hydroxyl groups is 1. The van der Waals surface area contributed by atoms with Crippen molar-refractivity contribution in [3.05, 3.63) is 28.8 Å². The first kappa shape index (κ1) is 12.3. The van der Waals surface area contributed by atoms with Gasteiger partial charge in [-0.25, -0.2) is 8.78 Å². The number of phenols is 1. The van der Waals surface area contributed by atoms with E-state index < -0.39 is 12.0 Å². The summed E-state index contributed by atoms with van der Waals surface area (Å²) >= 11 is 0. The van der Waals surface area contributed by atoms with Gasteiger partial charge in [-0.15, -0.1) is 0 Å². The molecule has 1 aliphatic carbocycles. The normalized spacial score (nSPS) is 18.9. The predicted octanol–water partition coefficient (Wildman–Crippen LogP) is 3.37. The molecule has 0 aliphatic heterocycles. The van der Waals surface area contributed by atoms with E-state index in [1.807, 2.05) is 0 Å². The molecule has 1 fully saturated rings. The maximum Gasteiger partial charge on any atom is 0.267 e. The zero-order valence-electron chi connectivity index (χ0n) is 9.84. The molecule has 0 heterocycles. The van der Waals surface area contributed by atoms with Crippen LogP contribution in [0.3, 0.4) is 0 Å². The summed E-state index contributed by atoms with van der Waals surface area (Å²) in [6, 6.07) is 3.09. The number of aryl methyl sites for hydroxylation is 1. The molecule has 1 aliphatic rings. The van der Waals surface area contributed by atoms with E-state index in [-0.39, 0.29) is 11.3 Å². The molecule has 0 radical (unpaired) electrons. The fourth-order valence-electron chi connectivity index (χ4n) is 2.56. The van der Waals surface area contributed by atoms with Crippen LogP contribution in [-0.2, 0) is 5.54 Å². The molecule has 0 amide bonds. The fraction of sp³-hybridized carbons (Fsp3) is 0.538. The monoisotopic (exact) mass is 241 g/mol. The van der Waals surface area contributed by atoms with Gasteiger partial charge in [0.15, 0.2) is 0 Å². The molecule has 0 unspecified atom stereocenters. The lowest BCUT2D eigenvalue weighted by atomic mass is 9.87. The van der Waals surface area contributed by atoms with Crippen LogP contribution < -0.4 is 5.73 Å². The molecule has 2 rings (SSSR count). The number of rotatable bonds is 2. The van der Waals surface area contributed by atoms with E-state index in [1.165, 1.54) is 6.07 Å². The number of phenolic OH excluding ortho intramolecular Hbond substituents is 1. The van der Waals surface area contributed by atoms with Crippen LogP contribution in [0.1, 0.15) is 48.8 Å². The Kier molecular flexibility index (Phi) is 3.08. The van der Waals surface area contributed by atoms with Crippen LogP contribution in [0.5, 0.6) is 5.75 Å². The highest BCUT2D eigenvalue weighted by Gasteiger charge is 2.32. The second-order valence-electron chi connectivity index (χ2n) is 4.89. The molecule has 0 bridgehead atoms. The van der Waals surface area contributed by atoms with Crippen molar-refractivity contribution in [2.75, 3.05) is 0 Å². The zero-order valence-corrected chi connectivity index (χ0v) is 9.84. The first-order valence-corrected chi connectivity index (χ1v) is 5.85. The van der Waals surface area contributed by atoms with E-state index in [0.717, 1.165) is 31.2 Å². The Bertz CT molecular complexity index is 426. The molecule has 94 valence electrons. The van der Waals surface area contributed by atoms with Gasteiger partial charge < -0.3 is 10.8 Å². The summed E-state index contributed by atoms with van der Waals surface area (Å²) < 4.78 is 25.6. The highest BCUT2D eigenvalue weighted by atomic mass is 19.3. The standard InChI is InChI=1S/C13H17F2NO/c1-8-6-9(13(16)4-2-3-5-13)7-10(11(8)17)12(14)15/h6-7,12,17H,2-5,16H2,1H3. The van der Waals surface area contributed by atoms with Crippen LogP contribution in [0.15, 0.2) is 12.1 Å². The summed E-state index contributed by atoms with van der Waals surface area (Å²) in [5.41, 5.74) is 6.63. The second kappa shape index (κ2) is 4.26. The highest BCUT2D eigenvalue weighted by Crippen LogP contribution is 2.40. The largest absolute Gasteiger partial charge is 0.507 e. The van der Waals surface area contributed by atoms with Crippen molar-refractivity contribution in [1.29, 1.82) is 0 Å². The molecule has 1 aromatic rings. The van der Waals surface area contributed by atoms with Gasteiger partial charge in [0.05, 0.1) is 5.56 Å². The minimum absolute atomic E-state index is 0.309. The number of halogens is 2. The number of benzene rings is 1.